The van der Waals surface area contributed by atoms with Crippen molar-refractivity contribution in [3.8, 4) is 16.9 Å². The summed E-state index contributed by atoms with van der Waals surface area (Å²) < 4.78 is 1.54. The van der Waals surface area contributed by atoms with Crippen molar-refractivity contribution in [1.29, 1.82) is 0 Å². The van der Waals surface area contributed by atoms with Crippen LogP contribution in [0.25, 0.3) is 28.2 Å². The zero-order chi connectivity index (χ0) is 18.5. The van der Waals surface area contributed by atoms with Gasteiger partial charge in [-0.1, -0.05) is 23.2 Å². The second-order valence-electron chi connectivity index (χ2n) is 6.37. The fraction of sp³-hybridized carbons (Fsp3) is 0.105. The minimum atomic E-state index is -0.280. The number of rotatable bonds is 2. The summed E-state index contributed by atoms with van der Waals surface area (Å²) in [5.74, 6) is 0. The van der Waals surface area contributed by atoms with Gasteiger partial charge in [0.25, 0.3) is 0 Å². The molecule has 0 amide bonds. The van der Waals surface area contributed by atoms with Crippen LogP contribution in [0.5, 0.6) is 0 Å². The summed E-state index contributed by atoms with van der Waals surface area (Å²) in [4.78, 5) is 24.3. The van der Waals surface area contributed by atoms with Crippen LogP contribution >= 0.6 is 23.2 Å². The highest BCUT2D eigenvalue weighted by atomic mass is 35.5. The van der Waals surface area contributed by atoms with E-state index in [1.807, 2.05) is 18.2 Å². The number of hydrogen-bond donors (Lipinski definition) is 2. The highest BCUT2D eigenvalue weighted by Gasteiger charge is 2.16. The van der Waals surface area contributed by atoms with E-state index >= 15 is 0 Å². The summed E-state index contributed by atoms with van der Waals surface area (Å²) in [5, 5.41) is 4.34. The molecule has 0 spiro atoms. The molecule has 2 aromatic carbocycles. The number of aromatic amines is 1. The van der Waals surface area contributed by atoms with Crippen molar-refractivity contribution in [2.24, 2.45) is 0 Å². The summed E-state index contributed by atoms with van der Waals surface area (Å²) in [6, 6.07) is 11.1. The maximum atomic E-state index is 12.6. The lowest BCUT2D eigenvalue weighted by Gasteiger charge is -2.07. The molecule has 8 heteroatoms. The average Bonchev–Trinajstić information content (AvgIpc) is 3.22. The largest absolute Gasteiger partial charge is 0.384 e. The summed E-state index contributed by atoms with van der Waals surface area (Å²) in [6.45, 7) is 0.904. The molecule has 4 aromatic rings. The third-order valence-electron chi connectivity index (χ3n) is 4.61. The molecule has 0 bridgehead atoms. The van der Waals surface area contributed by atoms with Gasteiger partial charge in [-0.3, -0.25) is 4.98 Å². The van der Waals surface area contributed by atoms with Gasteiger partial charge in [0, 0.05) is 27.8 Å². The fourth-order valence-electron chi connectivity index (χ4n) is 3.39. The molecule has 2 N–H and O–H groups in total. The van der Waals surface area contributed by atoms with E-state index in [0.29, 0.717) is 27.0 Å². The van der Waals surface area contributed by atoms with Gasteiger partial charge in [-0.15, -0.1) is 0 Å². The lowest BCUT2D eigenvalue weighted by atomic mass is 10.1. The van der Waals surface area contributed by atoms with Crippen LogP contribution in [0.3, 0.4) is 0 Å². The Kier molecular flexibility index (Phi) is 3.70. The minimum absolute atomic E-state index is 0.280. The predicted octanol–water partition coefficient (Wildman–Crippen LogP) is 4.05. The molecule has 0 aliphatic carbocycles. The van der Waals surface area contributed by atoms with Crippen LogP contribution in [0, 0.1) is 0 Å². The van der Waals surface area contributed by atoms with Crippen molar-refractivity contribution in [3.05, 3.63) is 68.7 Å². The Balaban J connectivity index is 1.71. The molecule has 0 radical (unpaired) electrons. The number of nitrogens with zero attached hydrogens (tertiary/aromatic N) is 3. The lowest BCUT2D eigenvalue weighted by Crippen LogP contribution is -2.15. The van der Waals surface area contributed by atoms with Gasteiger partial charge in [-0.2, -0.15) is 0 Å². The van der Waals surface area contributed by atoms with Gasteiger partial charge in [0.2, 0.25) is 0 Å². The molecule has 3 heterocycles. The van der Waals surface area contributed by atoms with E-state index in [1.54, 1.807) is 24.4 Å². The van der Waals surface area contributed by atoms with Crippen molar-refractivity contribution in [1.82, 2.24) is 19.5 Å². The molecule has 5 rings (SSSR count). The van der Waals surface area contributed by atoms with Crippen LogP contribution in [0.1, 0.15) is 5.56 Å². The Morgan fingerprint density at radius 1 is 1.07 bits per heavy atom. The summed E-state index contributed by atoms with van der Waals surface area (Å²) in [7, 11) is 0. The Bertz CT molecular complexity index is 1240. The highest BCUT2D eigenvalue weighted by molar-refractivity contribution is 6.35. The first-order chi connectivity index (χ1) is 13.1. The number of benzene rings is 2. The molecule has 27 heavy (non-hydrogen) atoms. The van der Waals surface area contributed by atoms with E-state index in [-0.39, 0.29) is 5.69 Å². The minimum Gasteiger partial charge on any atom is -0.384 e. The van der Waals surface area contributed by atoms with E-state index in [0.717, 1.165) is 29.9 Å². The first kappa shape index (κ1) is 16.4. The number of H-pyrrole nitrogens is 1. The summed E-state index contributed by atoms with van der Waals surface area (Å²) in [6.07, 6.45) is 2.52. The van der Waals surface area contributed by atoms with Crippen molar-refractivity contribution in [3.63, 3.8) is 0 Å². The van der Waals surface area contributed by atoms with Gasteiger partial charge in [-0.05, 0) is 48.4 Å². The monoisotopic (exact) mass is 397 g/mol. The number of hydrogen-bond acceptors (Lipinski definition) is 4. The van der Waals surface area contributed by atoms with Gasteiger partial charge in [0.15, 0.2) is 11.3 Å². The van der Waals surface area contributed by atoms with E-state index in [2.05, 4.69) is 20.3 Å². The van der Waals surface area contributed by atoms with Gasteiger partial charge >= 0.3 is 5.69 Å². The lowest BCUT2D eigenvalue weighted by molar-refractivity contribution is 0.995. The average molecular weight is 398 g/mol. The van der Waals surface area contributed by atoms with Crippen molar-refractivity contribution in [2.45, 2.75) is 6.42 Å². The number of nitrogens with one attached hydrogen (secondary N) is 2. The molecule has 2 aromatic heterocycles. The second kappa shape index (κ2) is 6.11. The van der Waals surface area contributed by atoms with Crippen molar-refractivity contribution in [2.75, 3.05) is 11.9 Å². The zero-order valence-corrected chi connectivity index (χ0v) is 15.5. The topological polar surface area (TPSA) is 75.6 Å². The van der Waals surface area contributed by atoms with Crippen LogP contribution in [-0.2, 0) is 6.42 Å². The Morgan fingerprint density at radius 2 is 1.89 bits per heavy atom. The number of fused-ring (bicyclic) bond motifs is 2. The van der Waals surface area contributed by atoms with Crippen LogP contribution in [-0.4, -0.2) is 26.1 Å². The van der Waals surface area contributed by atoms with E-state index < -0.39 is 0 Å². The first-order valence-electron chi connectivity index (χ1n) is 8.40. The van der Waals surface area contributed by atoms with Gasteiger partial charge in [0.05, 0.1) is 17.6 Å². The molecule has 0 saturated heterocycles. The van der Waals surface area contributed by atoms with E-state index in [9.17, 15) is 4.79 Å². The van der Waals surface area contributed by atoms with Gasteiger partial charge < -0.3 is 5.32 Å². The Labute approximate surface area is 163 Å². The van der Waals surface area contributed by atoms with Crippen LogP contribution < -0.4 is 11.0 Å². The SMILES string of the molecule is O=c1[nH]c2ncc(-c3cc(Cl)cc(Cl)c3)nc2n1-c1ccc2c(c1)CCN2. The molecule has 1 aliphatic heterocycles. The molecule has 0 unspecified atom stereocenters. The molecule has 0 atom stereocenters. The predicted molar refractivity (Wildman–Crippen MR) is 107 cm³/mol. The Morgan fingerprint density at radius 3 is 2.70 bits per heavy atom. The van der Waals surface area contributed by atoms with Crippen LogP contribution in [0.2, 0.25) is 10.0 Å². The number of halogens is 2. The first-order valence-corrected chi connectivity index (χ1v) is 9.15. The second-order valence-corrected chi connectivity index (χ2v) is 7.24. The zero-order valence-electron chi connectivity index (χ0n) is 14.0. The third-order valence-corrected chi connectivity index (χ3v) is 5.05. The van der Waals surface area contributed by atoms with Crippen molar-refractivity contribution >= 4 is 40.2 Å². The van der Waals surface area contributed by atoms with E-state index in [1.165, 1.54) is 10.1 Å². The molecule has 134 valence electrons. The fourth-order valence-corrected chi connectivity index (χ4v) is 3.91. The molecular formula is C19H13Cl2N5O. The molecule has 0 saturated carbocycles. The quantitative estimate of drug-likeness (QED) is 0.534. The molecule has 1 aliphatic rings. The van der Waals surface area contributed by atoms with Crippen molar-refractivity contribution < 1.29 is 0 Å². The van der Waals surface area contributed by atoms with Crippen LogP contribution in [0.4, 0.5) is 5.69 Å². The van der Waals surface area contributed by atoms with Gasteiger partial charge in [0.1, 0.15) is 0 Å². The Hall–Kier alpha value is -2.83. The normalized spacial score (nSPS) is 13.0. The van der Waals surface area contributed by atoms with Gasteiger partial charge in [-0.25, -0.2) is 19.3 Å². The molecule has 0 fully saturated rings. The number of anilines is 1. The maximum Gasteiger partial charge on any atom is 0.333 e. The third kappa shape index (κ3) is 2.78. The molecule has 6 nitrogen and oxygen atoms in total. The smallest absolute Gasteiger partial charge is 0.333 e. The standard InChI is InChI=1S/C19H13Cl2N5O/c20-12-5-11(6-13(21)8-12)16-9-23-17-18(24-16)26(19(27)25-17)14-1-2-15-10(7-14)3-4-22-15/h1-2,5-9,22H,3-4H2,(H,23,25,27). The summed E-state index contributed by atoms with van der Waals surface area (Å²) >= 11 is 12.2. The summed E-state index contributed by atoms with van der Waals surface area (Å²) in [5.41, 5.74) is 4.96. The highest BCUT2D eigenvalue weighted by Crippen LogP contribution is 2.28. The van der Waals surface area contributed by atoms with E-state index in [4.69, 9.17) is 23.2 Å². The number of imidazole rings is 1. The van der Waals surface area contributed by atoms with Crippen LogP contribution in [0.15, 0.2) is 47.4 Å². The molecular weight excluding hydrogens is 385 g/mol. The maximum absolute atomic E-state index is 12.6. The number of aromatic nitrogens is 4.